The van der Waals surface area contributed by atoms with Crippen LogP contribution in [-0.4, -0.2) is 49.6 Å². The van der Waals surface area contributed by atoms with Crippen LogP contribution >= 0.6 is 12.4 Å². The van der Waals surface area contributed by atoms with Gasteiger partial charge in [0.15, 0.2) is 0 Å². The van der Waals surface area contributed by atoms with E-state index in [0.29, 0.717) is 0 Å². The fourth-order valence-electron chi connectivity index (χ4n) is 2.73. The van der Waals surface area contributed by atoms with Gasteiger partial charge >= 0.3 is 0 Å². The van der Waals surface area contributed by atoms with Crippen molar-refractivity contribution in [2.45, 2.75) is 44.6 Å². The molecule has 0 bridgehead atoms. The summed E-state index contributed by atoms with van der Waals surface area (Å²) in [5, 5.41) is 6.28. The molecule has 2 rings (SSSR count). The van der Waals surface area contributed by atoms with Crippen molar-refractivity contribution in [1.29, 1.82) is 0 Å². The third kappa shape index (κ3) is 5.12. The van der Waals surface area contributed by atoms with Crippen LogP contribution in [0.25, 0.3) is 0 Å². The van der Waals surface area contributed by atoms with E-state index in [1.807, 2.05) is 0 Å². The van der Waals surface area contributed by atoms with Crippen molar-refractivity contribution in [3.05, 3.63) is 0 Å². The van der Waals surface area contributed by atoms with Gasteiger partial charge in [-0.15, -0.1) is 12.4 Å². The molecule has 0 saturated carbocycles. The third-order valence-corrected chi connectivity index (χ3v) is 3.80. The Kier molecular flexibility index (Phi) is 7.63. The number of likely N-dealkylation sites (tertiary alicyclic amines) is 1. The first kappa shape index (κ1) is 15.7. The lowest BCUT2D eigenvalue weighted by atomic mass is 10.2. The molecule has 2 saturated heterocycles. The average molecular weight is 276 g/mol. The minimum absolute atomic E-state index is 0. The summed E-state index contributed by atoms with van der Waals surface area (Å²) in [6.07, 6.45) is 7.50. The van der Waals surface area contributed by atoms with E-state index < -0.39 is 0 Å². The van der Waals surface area contributed by atoms with Crippen LogP contribution in [0.4, 0.5) is 0 Å². The maximum atomic E-state index is 11.8. The first-order chi connectivity index (χ1) is 8.36. The summed E-state index contributed by atoms with van der Waals surface area (Å²) in [5.41, 5.74) is 0. The highest BCUT2D eigenvalue weighted by Gasteiger charge is 2.21. The van der Waals surface area contributed by atoms with Crippen molar-refractivity contribution < 1.29 is 4.79 Å². The second-order valence-electron chi connectivity index (χ2n) is 5.20. The Morgan fingerprint density at radius 2 is 1.89 bits per heavy atom. The first-order valence-electron chi connectivity index (χ1n) is 7.10. The molecule has 0 radical (unpaired) electrons. The van der Waals surface area contributed by atoms with Crippen LogP contribution in [0.1, 0.15) is 38.5 Å². The van der Waals surface area contributed by atoms with Crippen molar-refractivity contribution in [2.24, 2.45) is 0 Å². The largest absolute Gasteiger partial charge is 0.353 e. The van der Waals surface area contributed by atoms with Gasteiger partial charge in [-0.25, -0.2) is 0 Å². The Morgan fingerprint density at radius 3 is 2.50 bits per heavy atom. The molecule has 2 N–H and O–H groups in total. The molecule has 0 aliphatic carbocycles. The van der Waals surface area contributed by atoms with E-state index >= 15 is 0 Å². The second-order valence-corrected chi connectivity index (χ2v) is 5.20. The smallest absolute Gasteiger partial charge is 0.237 e. The summed E-state index contributed by atoms with van der Waals surface area (Å²) in [6.45, 7) is 5.22. The standard InChI is InChI=1S/C13H25N3O.ClH/c17-13(12-6-5-7-14-12)15-8-11-16-9-3-1-2-4-10-16;/h12,14H,1-11H2,(H,15,17);1H. The molecule has 2 aliphatic rings. The SMILES string of the molecule is Cl.O=C(NCCN1CCCCCC1)C1CCCN1. The number of carbonyl (C=O) groups is 1. The van der Waals surface area contributed by atoms with Crippen molar-refractivity contribution in [2.75, 3.05) is 32.7 Å². The lowest BCUT2D eigenvalue weighted by Gasteiger charge is -2.20. The molecule has 106 valence electrons. The van der Waals surface area contributed by atoms with E-state index in [-0.39, 0.29) is 24.4 Å². The van der Waals surface area contributed by atoms with Crippen LogP contribution in [0.3, 0.4) is 0 Å². The molecular formula is C13H26ClN3O. The van der Waals surface area contributed by atoms with Gasteiger partial charge in [0.1, 0.15) is 0 Å². The van der Waals surface area contributed by atoms with Crippen LogP contribution in [0, 0.1) is 0 Å². The highest BCUT2D eigenvalue weighted by Crippen LogP contribution is 2.09. The van der Waals surface area contributed by atoms with E-state index in [1.165, 1.54) is 38.8 Å². The molecule has 1 amide bonds. The van der Waals surface area contributed by atoms with Crippen LogP contribution in [0.2, 0.25) is 0 Å². The van der Waals surface area contributed by atoms with Gasteiger partial charge in [0.2, 0.25) is 5.91 Å². The predicted molar refractivity (Wildman–Crippen MR) is 76.2 cm³/mol. The van der Waals surface area contributed by atoms with Gasteiger partial charge in [0, 0.05) is 13.1 Å². The minimum atomic E-state index is 0. The molecule has 1 atom stereocenters. The zero-order valence-corrected chi connectivity index (χ0v) is 11.9. The fraction of sp³-hybridized carbons (Fsp3) is 0.923. The number of hydrogen-bond acceptors (Lipinski definition) is 3. The van der Waals surface area contributed by atoms with E-state index in [4.69, 9.17) is 0 Å². The highest BCUT2D eigenvalue weighted by molar-refractivity contribution is 5.85. The number of amides is 1. The summed E-state index contributed by atoms with van der Waals surface area (Å²) < 4.78 is 0. The molecular weight excluding hydrogens is 250 g/mol. The summed E-state index contributed by atoms with van der Waals surface area (Å²) in [7, 11) is 0. The molecule has 1 unspecified atom stereocenters. The Balaban J connectivity index is 0.00000162. The van der Waals surface area contributed by atoms with Crippen molar-refractivity contribution in [1.82, 2.24) is 15.5 Å². The zero-order valence-electron chi connectivity index (χ0n) is 11.1. The van der Waals surface area contributed by atoms with Crippen molar-refractivity contribution in [3.8, 4) is 0 Å². The highest BCUT2D eigenvalue weighted by atomic mass is 35.5. The molecule has 2 aliphatic heterocycles. The molecule has 2 fully saturated rings. The van der Waals surface area contributed by atoms with Gasteiger partial charge in [-0.2, -0.15) is 0 Å². The third-order valence-electron chi connectivity index (χ3n) is 3.80. The molecule has 18 heavy (non-hydrogen) atoms. The molecule has 0 aromatic rings. The van der Waals surface area contributed by atoms with Crippen LogP contribution in [-0.2, 0) is 4.79 Å². The summed E-state index contributed by atoms with van der Waals surface area (Å²) in [6, 6.07) is 0.0686. The number of carbonyl (C=O) groups excluding carboxylic acids is 1. The maximum Gasteiger partial charge on any atom is 0.237 e. The first-order valence-corrected chi connectivity index (χ1v) is 7.10. The summed E-state index contributed by atoms with van der Waals surface area (Å²) in [4.78, 5) is 14.2. The zero-order chi connectivity index (χ0) is 11.9. The number of hydrogen-bond donors (Lipinski definition) is 2. The lowest BCUT2D eigenvalue weighted by molar-refractivity contribution is -0.122. The molecule has 0 aromatic heterocycles. The lowest BCUT2D eigenvalue weighted by Crippen LogP contribution is -2.43. The van der Waals surface area contributed by atoms with Crippen LogP contribution < -0.4 is 10.6 Å². The minimum Gasteiger partial charge on any atom is -0.353 e. The van der Waals surface area contributed by atoms with E-state index in [1.54, 1.807) is 0 Å². The van der Waals surface area contributed by atoms with Gasteiger partial charge in [-0.1, -0.05) is 12.8 Å². The molecule has 4 nitrogen and oxygen atoms in total. The van der Waals surface area contributed by atoms with Crippen LogP contribution in [0.5, 0.6) is 0 Å². The molecule has 0 spiro atoms. The average Bonchev–Trinajstić information content (AvgIpc) is 2.75. The quantitative estimate of drug-likeness (QED) is 0.809. The Labute approximate surface area is 116 Å². The van der Waals surface area contributed by atoms with E-state index in [2.05, 4.69) is 15.5 Å². The van der Waals surface area contributed by atoms with Gasteiger partial charge in [-0.05, 0) is 45.3 Å². The number of nitrogens with one attached hydrogen (secondary N) is 2. The normalized spacial score (nSPS) is 25.2. The number of nitrogens with zero attached hydrogens (tertiary/aromatic N) is 1. The monoisotopic (exact) mass is 275 g/mol. The van der Waals surface area contributed by atoms with Gasteiger partial charge in [0.05, 0.1) is 6.04 Å². The van der Waals surface area contributed by atoms with Gasteiger partial charge in [-0.3, -0.25) is 4.79 Å². The molecule has 0 aromatic carbocycles. The maximum absolute atomic E-state index is 11.8. The van der Waals surface area contributed by atoms with Crippen molar-refractivity contribution in [3.63, 3.8) is 0 Å². The molecule has 2 heterocycles. The second kappa shape index (κ2) is 8.73. The fourth-order valence-corrected chi connectivity index (χ4v) is 2.73. The molecule has 5 heteroatoms. The van der Waals surface area contributed by atoms with Crippen LogP contribution in [0.15, 0.2) is 0 Å². The predicted octanol–water partition coefficient (Wildman–Crippen LogP) is 1.15. The van der Waals surface area contributed by atoms with Crippen molar-refractivity contribution >= 4 is 18.3 Å². The van der Waals surface area contributed by atoms with E-state index in [0.717, 1.165) is 32.5 Å². The number of rotatable bonds is 4. The topological polar surface area (TPSA) is 44.4 Å². The Bertz CT molecular complexity index is 236. The van der Waals surface area contributed by atoms with Gasteiger partial charge < -0.3 is 15.5 Å². The Morgan fingerprint density at radius 1 is 1.17 bits per heavy atom. The Hall–Kier alpha value is -0.320. The van der Waals surface area contributed by atoms with Gasteiger partial charge in [0.25, 0.3) is 0 Å². The summed E-state index contributed by atoms with van der Waals surface area (Å²) >= 11 is 0. The number of halogens is 1. The summed E-state index contributed by atoms with van der Waals surface area (Å²) in [5.74, 6) is 0.192. The van der Waals surface area contributed by atoms with E-state index in [9.17, 15) is 4.79 Å².